The molecule has 1 amide bonds. The fourth-order valence-electron chi connectivity index (χ4n) is 3.80. The first-order valence-corrected chi connectivity index (χ1v) is 8.99. The van der Waals surface area contributed by atoms with Crippen LogP contribution in [-0.2, 0) is 9.53 Å². The van der Waals surface area contributed by atoms with Crippen LogP contribution in [0, 0.1) is 12.8 Å². The quantitative estimate of drug-likeness (QED) is 0.854. The van der Waals surface area contributed by atoms with Crippen molar-refractivity contribution in [3.63, 3.8) is 0 Å². The molecule has 1 N–H and O–H groups in total. The lowest BCUT2D eigenvalue weighted by molar-refractivity contribution is -0.122. The van der Waals surface area contributed by atoms with Gasteiger partial charge in [0.25, 0.3) is 0 Å². The number of hydrogen-bond donors (Lipinski definition) is 1. The van der Waals surface area contributed by atoms with Crippen molar-refractivity contribution in [1.29, 1.82) is 0 Å². The fraction of sp³-hybridized carbons (Fsp3) is 0.824. The maximum absolute atomic E-state index is 12.4. The number of amides is 1. The van der Waals surface area contributed by atoms with E-state index in [9.17, 15) is 4.79 Å². The standard InChI is InChI=1S/C17H28N4O3/c1-12-19-20-17(24-12)15-8-14(23-2)10-21(15)11-16(22)18-9-13-6-4-3-5-7-13/h13-15H,3-11H2,1-2H3,(H,18,22)/t14-,15+/m0/s1. The number of ether oxygens (including phenoxy) is 1. The van der Waals surface area contributed by atoms with Crippen molar-refractivity contribution >= 4 is 5.91 Å². The summed E-state index contributed by atoms with van der Waals surface area (Å²) in [6.07, 6.45) is 7.25. The molecule has 24 heavy (non-hydrogen) atoms. The van der Waals surface area contributed by atoms with E-state index >= 15 is 0 Å². The molecule has 2 aliphatic rings. The predicted octanol–water partition coefficient (Wildman–Crippen LogP) is 1.84. The molecule has 1 saturated carbocycles. The third kappa shape index (κ3) is 4.33. The SMILES string of the molecule is CO[C@H]1C[C@H](c2nnc(C)o2)N(CC(=O)NCC2CCCCC2)C1. The van der Waals surface area contributed by atoms with Gasteiger partial charge in [-0.15, -0.1) is 10.2 Å². The van der Waals surface area contributed by atoms with Crippen LogP contribution in [-0.4, -0.2) is 53.9 Å². The van der Waals surface area contributed by atoms with E-state index in [4.69, 9.17) is 9.15 Å². The molecule has 0 aromatic carbocycles. The largest absolute Gasteiger partial charge is 0.424 e. The van der Waals surface area contributed by atoms with Crippen molar-refractivity contribution in [2.45, 2.75) is 57.6 Å². The van der Waals surface area contributed by atoms with Crippen molar-refractivity contribution < 1.29 is 13.9 Å². The van der Waals surface area contributed by atoms with Crippen molar-refractivity contribution in [1.82, 2.24) is 20.4 Å². The second kappa shape index (κ2) is 8.07. The zero-order valence-electron chi connectivity index (χ0n) is 14.7. The van der Waals surface area contributed by atoms with E-state index in [0.29, 0.717) is 30.8 Å². The Kier molecular flexibility index (Phi) is 5.84. The Morgan fingerprint density at radius 3 is 2.79 bits per heavy atom. The molecule has 134 valence electrons. The molecular weight excluding hydrogens is 308 g/mol. The summed E-state index contributed by atoms with van der Waals surface area (Å²) in [4.78, 5) is 14.4. The molecule has 0 bridgehead atoms. The van der Waals surface area contributed by atoms with Crippen molar-refractivity contribution in [3.05, 3.63) is 11.8 Å². The van der Waals surface area contributed by atoms with Gasteiger partial charge in [0.1, 0.15) is 0 Å². The van der Waals surface area contributed by atoms with Crippen LogP contribution in [0.2, 0.25) is 0 Å². The summed E-state index contributed by atoms with van der Waals surface area (Å²) < 4.78 is 11.0. The zero-order chi connectivity index (χ0) is 16.9. The molecule has 1 aromatic heterocycles. The highest BCUT2D eigenvalue weighted by atomic mass is 16.5. The van der Waals surface area contributed by atoms with E-state index in [1.54, 1.807) is 14.0 Å². The molecular formula is C17H28N4O3. The Morgan fingerprint density at radius 1 is 1.33 bits per heavy atom. The molecule has 2 heterocycles. The number of rotatable bonds is 6. The molecule has 1 aliphatic carbocycles. The number of carbonyl (C=O) groups excluding carboxylic acids is 1. The van der Waals surface area contributed by atoms with E-state index in [0.717, 1.165) is 13.0 Å². The number of hydrogen-bond acceptors (Lipinski definition) is 6. The highest BCUT2D eigenvalue weighted by Crippen LogP contribution is 2.32. The molecule has 0 unspecified atom stereocenters. The van der Waals surface area contributed by atoms with Gasteiger partial charge < -0.3 is 14.5 Å². The minimum absolute atomic E-state index is 0.0448. The summed E-state index contributed by atoms with van der Waals surface area (Å²) >= 11 is 0. The Balaban J connectivity index is 1.53. The maximum Gasteiger partial charge on any atom is 0.234 e. The topological polar surface area (TPSA) is 80.5 Å². The lowest BCUT2D eigenvalue weighted by Gasteiger charge is -2.24. The number of aromatic nitrogens is 2. The van der Waals surface area contributed by atoms with E-state index in [2.05, 4.69) is 20.4 Å². The fourth-order valence-corrected chi connectivity index (χ4v) is 3.80. The van der Waals surface area contributed by atoms with Gasteiger partial charge in [-0.25, -0.2) is 0 Å². The summed E-state index contributed by atoms with van der Waals surface area (Å²) in [6, 6.07) is -0.0448. The van der Waals surface area contributed by atoms with Gasteiger partial charge in [-0.3, -0.25) is 9.69 Å². The van der Waals surface area contributed by atoms with Crippen LogP contribution < -0.4 is 5.32 Å². The second-order valence-corrected chi connectivity index (χ2v) is 7.01. The third-order valence-corrected chi connectivity index (χ3v) is 5.18. The molecule has 1 aliphatic heterocycles. The normalized spacial score (nSPS) is 25.9. The first kappa shape index (κ1) is 17.4. The number of methoxy groups -OCH3 is 1. The molecule has 1 saturated heterocycles. The van der Waals surface area contributed by atoms with E-state index < -0.39 is 0 Å². The molecule has 7 nitrogen and oxygen atoms in total. The smallest absolute Gasteiger partial charge is 0.234 e. The molecule has 2 atom stereocenters. The molecule has 0 radical (unpaired) electrons. The number of likely N-dealkylation sites (tertiary alicyclic amines) is 1. The van der Waals surface area contributed by atoms with Crippen LogP contribution in [0.15, 0.2) is 4.42 Å². The maximum atomic E-state index is 12.4. The summed E-state index contributed by atoms with van der Waals surface area (Å²) in [7, 11) is 1.70. The van der Waals surface area contributed by atoms with Crippen molar-refractivity contribution in [2.75, 3.05) is 26.7 Å². The first-order valence-electron chi connectivity index (χ1n) is 8.99. The van der Waals surface area contributed by atoms with Gasteiger partial charge in [0.15, 0.2) is 0 Å². The Labute approximate surface area is 143 Å². The summed E-state index contributed by atoms with van der Waals surface area (Å²) in [6.45, 7) is 3.63. The minimum Gasteiger partial charge on any atom is -0.424 e. The number of nitrogens with zero attached hydrogens (tertiary/aromatic N) is 3. The molecule has 1 aromatic rings. The Bertz CT molecular complexity index is 542. The first-order chi connectivity index (χ1) is 11.7. The average Bonchev–Trinajstić information content (AvgIpc) is 3.20. The van der Waals surface area contributed by atoms with Crippen LogP contribution in [0.5, 0.6) is 0 Å². The van der Waals surface area contributed by atoms with Crippen LogP contribution in [0.3, 0.4) is 0 Å². The van der Waals surface area contributed by atoms with Gasteiger partial charge >= 0.3 is 0 Å². The molecule has 2 fully saturated rings. The van der Waals surface area contributed by atoms with Gasteiger partial charge in [0.2, 0.25) is 17.7 Å². The second-order valence-electron chi connectivity index (χ2n) is 7.01. The summed E-state index contributed by atoms with van der Waals surface area (Å²) in [5.74, 6) is 1.83. The highest BCUT2D eigenvalue weighted by molar-refractivity contribution is 5.78. The van der Waals surface area contributed by atoms with Gasteiger partial charge in [0, 0.05) is 27.1 Å². The molecule has 0 spiro atoms. The monoisotopic (exact) mass is 336 g/mol. The van der Waals surface area contributed by atoms with Gasteiger partial charge in [0.05, 0.1) is 18.7 Å². The van der Waals surface area contributed by atoms with Gasteiger partial charge in [-0.1, -0.05) is 19.3 Å². The van der Waals surface area contributed by atoms with E-state index in [1.165, 1.54) is 32.1 Å². The average molecular weight is 336 g/mol. The predicted molar refractivity (Wildman–Crippen MR) is 88.3 cm³/mol. The van der Waals surface area contributed by atoms with Crippen LogP contribution in [0.1, 0.15) is 56.3 Å². The van der Waals surface area contributed by atoms with E-state index in [1.807, 2.05) is 0 Å². The van der Waals surface area contributed by atoms with Crippen molar-refractivity contribution in [3.8, 4) is 0 Å². The van der Waals surface area contributed by atoms with Crippen molar-refractivity contribution in [2.24, 2.45) is 5.92 Å². The highest BCUT2D eigenvalue weighted by Gasteiger charge is 2.37. The van der Waals surface area contributed by atoms with Gasteiger partial charge in [-0.2, -0.15) is 0 Å². The number of carbonyl (C=O) groups is 1. The molecule has 3 rings (SSSR count). The third-order valence-electron chi connectivity index (χ3n) is 5.18. The lowest BCUT2D eigenvalue weighted by atomic mass is 9.89. The van der Waals surface area contributed by atoms with Crippen LogP contribution in [0.4, 0.5) is 0 Å². The lowest BCUT2D eigenvalue weighted by Crippen LogP contribution is -2.39. The Hall–Kier alpha value is -1.47. The minimum atomic E-state index is -0.0448. The van der Waals surface area contributed by atoms with Crippen LogP contribution >= 0.6 is 0 Å². The van der Waals surface area contributed by atoms with E-state index in [-0.39, 0.29) is 18.1 Å². The van der Waals surface area contributed by atoms with Crippen LogP contribution in [0.25, 0.3) is 0 Å². The Morgan fingerprint density at radius 2 is 2.12 bits per heavy atom. The summed E-state index contributed by atoms with van der Waals surface area (Å²) in [5, 5.41) is 11.1. The number of nitrogens with one attached hydrogen (secondary N) is 1. The summed E-state index contributed by atoms with van der Waals surface area (Å²) in [5.41, 5.74) is 0. The van der Waals surface area contributed by atoms with Gasteiger partial charge in [-0.05, 0) is 25.2 Å². The zero-order valence-corrected chi connectivity index (χ0v) is 14.7. The number of aryl methyl sites for hydroxylation is 1. The molecule has 7 heteroatoms.